The zero-order valence-corrected chi connectivity index (χ0v) is 11.8. The first kappa shape index (κ1) is 14.3. The standard InChI is InChI=1S/C11H14O2.K/c1-9(11(12)13)7-8-10-5-3-2-4-6-10;/h2-6,9H,7-8H2,1H3,(H,12,13);/q;+1/p-1. The van der Waals surface area contributed by atoms with Crippen LogP contribution < -0.4 is 56.5 Å². The monoisotopic (exact) mass is 216 g/mol. The van der Waals surface area contributed by atoms with Gasteiger partial charge in [-0.05, 0) is 24.3 Å². The Morgan fingerprint density at radius 2 is 1.93 bits per heavy atom. The van der Waals surface area contributed by atoms with Crippen LogP contribution >= 0.6 is 0 Å². The van der Waals surface area contributed by atoms with Gasteiger partial charge < -0.3 is 9.90 Å². The van der Waals surface area contributed by atoms with Crippen LogP contribution in [0.3, 0.4) is 0 Å². The molecule has 2 nitrogen and oxygen atoms in total. The smallest absolute Gasteiger partial charge is 0.550 e. The van der Waals surface area contributed by atoms with Gasteiger partial charge >= 0.3 is 51.4 Å². The fourth-order valence-corrected chi connectivity index (χ4v) is 1.15. The third-order valence-electron chi connectivity index (χ3n) is 2.11. The van der Waals surface area contributed by atoms with E-state index in [1.54, 1.807) is 6.92 Å². The molecule has 1 unspecified atom stereocenters. The fourth-order valence-electron chi connectivity index (χ4n) is 1.15. The average Bonchev–Trinajstić information content (AvgIpc) is 2.15. The molecule has 0 radical (unpaired) electrons. The van der Waals surface area contributed by atoms with E-state index in [-0.39, 0.29) is 57.3 Å². The quantitative estimate of drug-likeness (QED) is 0.547. The Morgan fingerprint density at radius 3 is 2.43 bits per heavy atom. The maximum atomic E-state index is 10.4. The van der Waals surface area contributed by atoms with Crippen LogP contribution in [-0.4, -0.2) is 5.97 Å². The zero-order valence-electron chi connectivity index (χ0n) is 8.69. The van der Waals surface area contributed by atoms with E-state index in [0.717, 1.165) is 6.42 Å². The maximum absolute atomic E-state index is 10.4. The molecule has 3 heteroatoms. The molecule has 0 spiro atoms. The van der Waals surface area contributed by atoms with E-state index in [4.69, 9.17) is 0 Å². The van der Waals surface area contributed by atoms with Crippen LogP contribution in [-0.2, 0) is 11.2 Å². The Hall–Kier alpha value is 0.326. The number of benzene rings is 1. The molecule has 0 aliphatic rings. The maximum Gasteiger partial charge on any atom is 1.00 e. The second-order valence-corrected chi connectivity index (χ2v) is 3.24. The second-order valence-electron chi connectivity index (χ2n) is 3.24. The topological polar surface area (TPSA) is 40.1 Å². The first-order valence-electron chi connectivity index (χ1n) is 4.45. The molecular weight excluding hydrogens is 203 g/mol. The van der Waals surface area contributed by atoms with E-state index < -0.39 is 5.97 Å². The molecule has 0 amide bonds. The van der Waals surface area contributed by atoms with Gasteiger partial charge in [-0.15, -0.1) is 0 Å². The van der Waals surface area contributed by atoms with Gasteiger partial charge in [-0.1, -0.05) is 37.3 Å². The zero-order chi connectivity index (χ0) is 9.68. The minimum Gasteiger partial charge on any atom is -0.550 e. The molecular formula is C11H13KO2. The largest absolute Gasteiger partial charge is 1.00 e. The molecule has 0 heterocycles. The Bertz CT molecular complexity index is 272. The number of carboxylic acid groups (broad SMARTS) is 1. The van der Waals surface area contributed by atoms with Crippen LogP contribution in [0.5, 0.6) is 0 Å². The van der Waals surface area contributed by atoms with Gasteiger partial charge in [-0.2, -0.15) is 0 Å². The Labute approximate surface area is 127 Å². The number of carbonyl (C=O) groups is 1. The molecule has 0 saturated carbocycles. The summed E-state index contributed by atoms with van der Waals surface area (Å²) in [6, 6.07) is 9.87. The van der Waals surface area contributed by atoms with Gasteiger partial charge in [0.05, 0.1) is 0 Å². The number of hydrogen-bond acceptors (Lipinski definition) is 2. The van der Waals surface area contributed by atoms with Crippen LogP contribution in [0.15, 0.2) is 30.3 Å². The van der Waals surface area contributed by atoms with Crippen molar-refractivity contribution in [3.8, 4) is 0 Å². The van der Waals surface area contributed by atoms with Crippen LogP contribution in [0.2, 0.25) is 0 Å². The van der Waals surface area contributed by atoms with E-state index in [9.17, 15) is 9.90 Å². The molecule has 1 rings (SSSR count). The normalized spacial score (nSPS) is 11.5. The minimum atomic E-state index is -0.962. The summed E-state index contributed by atoms with van der Waals surface area (Å²) in [5.74, 6) is -1.32. The van der Waals surface area contributed by atoms with Crippen molar-refractivity contribution in [2.45, 2.75) is 19.8 Å². The van der Waals surface area contributed by atoms with Crippen molar-refractivity contribution in [1.29, 1.82) is 0 Å². The van der Waals surface area contributed by atoms with Crippen molar-refractivity contribution >= 4 is 5.97 Å². The predicted molar refractivity (Wildman–Crippen MR) is 48.9 cm³/mol. The third-order valence-corrected chi connectivity index (χ3v) is 2.11. The molecule has 0 aliphatic carbocycles. The van der Waals surface area contributed by atoms with Crippen LogP contribution in [0, 0.1) is 5.92 Å². The van der Waals surface area contributed by atoms with Crippen LogP contribution in [0.25, 0.3) is 0 Å². The molecule has 0 aliphatic heterocycles. The van der Waals surface area contributed by atoms with Crippen molar-refractivity contribution in [3.63, 3.8) is 0 Å². The van der Waals surface area contributed by atoms with Gasteiger partial charge in [0.1, 0.15) is 0 Å². The van der Waals surface area contributed by atoms with Gasteiger partial charge in [0.2, 0.25) is 0 Å². The number of aryl methyl sites for hydroxylation is 1. The summed E-state index contributed by atoms with van der Waals surface area (Å²) >= 11 is 0. The van der Waals surface area contributed by atoms with Gasteiger partial charge in [0.15, 0.2) is 0 Å². The number of rotatable bonds is 4. The van der Waals surface area contributed by atoms with Crippen LogP contribution in [0.1, 0.15) is 18.9 Å². The van der Waals surface area contributed by atoms with Crippen molar-refractivity contribution in [2.75, 3.05) is 0 Å². The molecule has 0 fully saturated rings. The van der Waals surface area contributed by atoms with Crippen molar-refractivity contribution in [2.24, 2.45) is 5.92 Å². The van der Waals surface area contributed by atoms with Gasteiger partial charge in [0, 0.05) is 5.97 Å². The van der Waals surface area contributed by atoms with Gasteiger partial charge in [0.25, 0.3) is 0 Å². The van der Waals surface area contributed by atoms with Crippen molar-refractivity contribution < 1.29 is 61.3 Å². The number of carboxylic acids is 1. The summed E-state index contributed by atoms with van der Waals surface area (Å²) in [6.07, 6.45) is 1.45. The van der Waals surface area contributed by atoms with E-state index in [2.05, 4.69) is 0 Å². The number of hydrogen-bond donors (Lipinski definition) is 0. The number of carbonyl (C=O) groups excluding carboxylic acids is 1. The summed E-state index contributed by atoms with van der Waals surface area (Å²) in [5.41, 5.74) is 1.18. The Morgan fingerprint density at radius 1 is 1.36 bits per heavy atom. The molecule has 0 N–H and O–H groups in total. The molecule has 14 heavy (non-hydrogen) atoms. The minimum absolute atomic E-state index is 0. The molecule has 1 atom stereocenters. The van der Waals surface area contributed by atoms with Crippen molar-refractivity contribution in [3.05, 3.63) is 35.9 Å². The first-order chi connectivity index (χ1) is 6.20. The van der Waals surface area contributed by atoms with Crippen molar-refractivity contribution in [1.82, 2.24) is 0 Å². The average molecular weight is 216 g/mol. The van der Waals surface area contributed by atoms with E-state index in [1.165, 1.54) is 5.56 Å². The van der Waals surface area contributed by atoms with E-state index >= 15 is 0 Å². The summed E-state index contributed by atoms with van der Waals surface area (Å²) < 4.78 is 0. The summed E-state index contributed by atoms with van der Waals surface area (Å²) in [6.45, 7) is 1.68. The molecule has 0 bridgehead atoms. The van der Waals surface area contributed by atoms with E-state index in [0.29, 0.717) is 6.42 Å². The molecule has 70 valence electrons. The molecule has 1 aromatic rings. The SMILES string of the molecule is CC(CCc1ccccc1)C(=O)[O-].[K+]. The third kappa shape index (κ3) is 5.27. The Balaban J connectivity index is 0.00000169. The van der Waals surface area contributed by atoms with Crippen LogP contribution in [0.4, 0.5) is 0 Å². The fraction of sp³-hybridized carbons (Fsp3) is 0.364. The second kappa shape index (κ2) is 7.60. The predicted octanol–water partition coefficient (Wildman–Crippen LogP) is -1.99. The molecule has 0 aromatic heterocycles. The van der Waals surface area contributed by atoms with Gasteiger partial charge in [-0.25, -0.2) is 0 Å². The summed E-state index contributed by atoms with van der Waals surface area (Å²) in [5, 5.41) is 10.4. The molecule has 1 aromatic carbocycles. The Kier molecular flexibility index (Phi) is 7.77. The number of aliphatic carboxylic acids is 1. The van der Waals surface area contributed by atoms with Gasteiger partial charge in [-0.3, -0.25) is 0 Å². The summed E-state index contributed by atoms with van der Waals surface area (Å²) in [7, 11) is 0. The first-order valence-corrected chi connectivity index (χ1v) is 4.45. The summed E-state index contributed by atoms with van der Waals surface area (Å²) in [4.78, 5) is 10.4. The van der Waals surface area contributed by atoms with E-state index in [1.807, 2.05) is 30.3 Å². The molecule has 0 saturated heterocycles.